The molecule has 0 fully saturated rings. The van der Waals surface area contributed by atoms with Crippen molar-refractivity contribution in [3.05, 3.63) is 54.2 Å². The lowest BCUT2D eigenvalue weighted by Gasteiger charge is -2.26. The number of nitrogens with zero attached hydrogens (tertiary/aromatic N) is 2. The largest absolute Gasteiger partial charge is 0.341 e. The Balaban J connectivity index is 1.93. The van der Waals surface area contributed by atoms with E-state index in [-0.39, 0.29) is 0 Å². The fraction of sp³-hybridized carbons (Fsp3) is 0.214. The first-order valence-electron chi connectivity index (χ1n) is 6.25. The molecule has 2 rings (SSSR count). The SMILES string of the molecule is CC(C)(Nc1cccc(F)n1)ONC(=O)c1cccnc1. The Labute approximate surface area is 121 Å². The number of amides is 1. The molecule has 1 amide bonds. The molecule has 2 aromatic rings. The number of hydrogen-bond donors (Lipinski definition) is 2. The maximum Gasteiger partial charge on any atom is 0.276 e. The molecule has 0 unspecified atom stereocenters. The highest BCUT2D eigenvalue weighted by Gasteiger charge is 2.21. The molecule has 2 aromatic heterocycles. The van der Waals surface area contributed by atoms with Gasteiger partial charge in [-0.15, -0.1) is 0 Å². The minimum absolute atomic E-state index is 0.302. The molecule has 7 heteroatoms. The molecule has 0 radical (unpaired) electrons. The van der Waals surface area contributed by atoms with E-state index in [2.05, 4.69) is 20.8 Å². The summed E-state index contributed by atoms with van der Waals surface area (Å²) in [6.45, 7) is 3.34. The summed E-state index contributed by atoms with van der Waals surface area (Å²) in [6.07, 6.45) is 2.99. The predicted octanol–water partition coefficient (Wildman–Crippen LogP) is 2.13. The summed E-state index contributed by atoms with van der Waals surface area (Å²) in [4.78, 5) is 24.6. The smallest absolute Gasteiger partial charge is 0.276 e. The molecular weight excluding hydrogens is 275 g/mol. The summed E-state index contributed by atoms with van der Waals surface area (Å²) in [5.41, 5.74) is 1.71. The van der Waals surface area contributed by atoms with Crippen LogP contribution in [-0.2, 0) is 4.84 Å². The van der Waals surface area contributed by atoms with Gasteiger partial charge in [-0.1, -0.05) is 6.07 Å². The van der Waals surface area contributed by atoms with Crippen LogP contribution in [0.25, 0.3) is 0 Å². The van der Waals surface area contributed by atoms with Crippen LogP contribution in [0.2, 0.25) is 0 Å². The molecule has 0 aliphatic carbocycles. The minimum Gasteiger partial charge on any atom is -0.341 e. The van der Waals surface area contributed by atoms with Crippen LogP contribution in [0.4, 0.5) is 10.2 Å². The van der Waals surface area contributed by atoms with Crippen molar-refractivity contribution >= 4 is 11.7 Å². The van der Waals surface area contributed by atoms with Gasteiger partial charge in [-0.25, -0.2) is 15.3 Å². The van der Waals surface area contributed by atoms with Crippen molar-refractivity contribution in [1.29, 1.82) is 0 Å². The predicted molar refractivity (Wildman–Crippen MR) is 74.7 cm³/mol. The van der Waals surface area contributed by atoms with Crippen molar-refractivity contribution in [1.82, 2.24) is 15.4 Å². The van der Waals surface area contributed by atoms with Gasteiger partial charge in [0.1, 0.15) is 5.82 Å². The van der Waals surface area contributed by atoms with Gasteiger partial charge in [0.2, 0.25) is 5.95 Å². The second-order valence-electron chi connectivity index (χ2n) is 4.76. The third-order valence-corrected chi connectivity index (χ3v) is 2.47. The third-order valence-electron chi connectivity index (χ3n) is 2.47. The molecule has 0 bridgehead atoms. The molecule has 0 atom stereocenters. The van der Waals surface area contributed by atoms with Gasteiger partial charge in [-0.3, -0.25) is 9.78 Å². The number of halogens is 1. The van der Waals surface area contributed by atoms with Gasteiger partial charge in [-0.05, 0) is 38.1 Å². The number of carbonyl (C=O) groups excluding carboxylic acids is 1. The molecule has 0 aliphatic rings. The summed E-state index contributed by atoms with van der Waals surface area (Å²) in [5, 5.41) is 2.86. The number of aromatic nitrogens is 2. The van der Waals surface area contributed by atoms with E-state index in [1.165, 1.54) is 18.3 Å². The minimum atomic E-state index is -0.974. The van der Waals surface area contributed by atoms with Crippen molar-refractivity contribution in [3.8, 4) is 0 Å². The monoisotopic (exact) mass is 290 g/mol. The van der Waals surface area contributed by atoms with Crippen LogP contribution in [0.3, 0.4) is 0 Å². The first-order valence-corrected chi connectivity index (χ1v) is 6.25. The molecule has 0 spiro atoms. The summed E-state index contributed by atoms with van der Waals surface area (Å²) in [5.74, 6) is -0.726. The highest BCUT2D eigenvalue weighted by molar-refractivity contribution is 5.93. The molecule has 110 valence electrons. The molecule has 0 aromatic carbocycles. The Kier molecular flexibility index (Phi) is 4.44. The fourth-order valence-corrected chi connectivity index (χ4v) is 1.54. The molecule has 0 aliphatic heterocycles. The van der Waals surface area contributed by atoms with E-state index in [9.17, 15) is 9.18 Å². The zero-order chi connectivity index (χ0) is 15.3. The summed E-state index contributed by atoms with van der Waals surface area (Å²) < 4.78 is 13.0. The van der Waals surface area contributed by atoms with Crippen molar-refractivity contribution in [2.75, 3.05) is 5.32 Å². The highest BCUT2D eigenvalue weighted by atomic mass is 19.1. The first kappa shape index (κ1) is 14.9. The number of nitrogens with one attached hydrogen (secondary N) is 2. The zero-order valence-electron chi connectivity index (χ0n) is 11.6. The lowest BCUT2D eigenvalue weighted by atomic mass is 10.3. The molecule has 21 heavy (non-hydrogen) atoms. The average Bonchev–Trinajstić information content (AvgIpc) is 2.45. The van der Waals surface area contributed by atoms with E-state index in [0.29, 0.717) is 11.4 Å². The Morgan fingerprint density at radius 2 is 2.10 bits per heavy atom. The van der Waals surface area contributed by atoms with Crippen molar-refractivity contribution < 1.29 is 14.0 Å². The van der Waals surface area contributed by atoms with Gasteiger partial charge in [0.25, 0.3) is 5.91 Å². The molecule has 6 nitrogen and oxygen atoms in total. The highest BCUT2D eigenvalue weighted by Crippen LogP contribution is 2.13. The van der Waals surface area contributed by atoms with Crippen LogP contribution in [0.15, 0.2) is 42.7 Å². The zero-order valence-corrected chi connectivity index (χ0v) is 11.6. The van der Waals surface area contributed by atoms with Crippen LogP contribution >= 0.6 is 0 Å². The van der Waals surface area contributed by atoms with E-state index in [0.717, 1.165) is 0 Å². The maximum atomic E-state index is 13.0. The molecule has 2 heterocycles. The van der Waals surface area contributed by atoms with Crippen molar-refractivity contribution in [2.24, 2.45) is 0 Å². The Bertz CT molecular complexity index is 619. The van der Waals surface area contributed by atoms with Crippen LogP contribution in [-0.4, -0.2) is 21.6 Å². The van der Waals surface area contributed by atoms with Gasteiger partial charge in [0.15, 0.2) is 5.72 Å². The lowest BCUT2D eigenvalue weighted by molar-refractivity contribution is -0.0534. The fourth-order valence-electron chi connectivity index (χ4n) is 1.54. The van der Waals surface area contributed by atoms with Gasteiger partial charge in [0.05, 0.1) is 5.56 Å². The third kappa shape index (κ3) is 4.50. The second kappa shape index (κ2) is 6.27. The average molecular weight is 290 g/mol. The number of rotatable bonds is 5. The summed E-state index contributed by atoms with van der Waals surface area (Å²) in [6, 6.07) is 7.62. The van der Waals surface area contributed by atoms with Crippen molar-refractivity contribution in [2.45, 2.75) is 19.6 Å². The van der Waals surface area contributed by atoms with Crippen LogP contribution in [0, 0.1) is 5.95 Å². The number of pyridine rings is 2. The van der Waals surface area contributed by atoms with Gasteiger partial charge < -0.3 is 5.32 Å². The summed E-state index contributed by atoms with van der Waals surface area (Å²) >= 11 is 0. The number of carbonyl (C=O) groups is 1. The molecule has 2 N–H and O–H groups in total. The number of anilines is 1. The number of hydrogen-bond acceptors (Lipinski definition) is 5. The van der Waals surface area contributed by atoms with Gasteiger partial charge >= 0.3 is 0 Å². The van der Waals surface area contributed by atoms with Gasteiger partial charge in [0, 0.05) is 12.4 Å². The Hall–Kier alpha value is -2.54. The quantitative estimate of drug-likeness (QED) is 0.501. The van der Waals surface area contributed by atoms with Crippen LogP contribution < -0.4 is 10.8 Å². The molecular formula is C14H15FN4O2. The van der Waals surface area contributed by atoms with E-state index in [1.54, 1.807) is 38.2 Å². The van der Waals surface area contributed by atoms with E-state index in [1.807, 2.05) is 0 Å². The maximum absolute atomic E-state index is 13.0. The van der Waals surface area contributed by atoms with E-state index in [4.69, 9.17) is 4.84 Å². The van der Waals surface area contributed by atoms with Gasteiger partial charge in [-0.2, -0.15) is 4.39 Å². The second-order valence-corrected chi connectivity index (χ2v) is 4.76. The molecule has 0 saturated heterocycles. The number of hydroxylamine groups is 1. The topological polar surface area (TPSA) is 76.1 Å². The Morgan fingerprint density at radius 1 is 1.29 bits per heavy atom. The van der Waals surface area contributed by atoms with Crippen LogP contribution in [0.1, 0.15) is 24.2 Å². The molecule has 0 saturated carbocycles. The normalized spacial score (nSPS) is 11.0. The van der Waals surface area contributed by atoms with Crippen molar-refractivity contribution in [3.63, 3.8) is 0 Å². The first-order chi connectivity index (χ1) is 9.96. The Morgan fingerprint density at radius 3 is 2.76 bits per heavy atom. The van der Waals surface area contributed by atoms with Crippen LogP contribution in [0.5, 0.6) is 0 Å². The van der Waals surface area contributed by atoms with E-state index < -0.39 is 17.6 Å². The summed E-state index contributed by atoms with van der Waals surface area (Å²) in [7, 11) is 0. The van der Waals surface area contributed by atoms with E-state index >= 15 is 0 Å². The lowest BCUT2D eigenvalue weighted by Crippen LogP contribution is -2.42. The standard InChI is InChI=1S/C14H15FN4O2/c1-14(2,18-12-7-3-6-11(15)17-12)21-19-13(20)10-5-4-8-16-9-10/h3-9H,1-2H3,(H,17,18)(H,19,20).